The lowest BCUT2D eigenvalue weighted by atomic mass is 10.1. The van der Waals surface area contributed by atoms with E-state index in [2.05, 4.69) is 29.6 Å². The maximum atomic E-state index is 5.71. The normalized spacial score (nSPS) is 10.2. The number of nitrogens with one attached hydrogen (secondary N) is 1. The van der Waals surface area contributed by atoms with Crippen LogP contribution in [0.25, 0.3) is 0 Å². The van der Waals surface area contributed by atoms with Crippen molar-refractivity contribution in [3.05, 3.63) is 59.7 Å². The lowest BCUT2D eigenvalue weighted by molar-refractivity contribution is 0.414. The molecule has 100 valence electrons. The van der Waals surface area contributed by atoms with Crippen molar-refractivity contribution in [3.63, 3.8) is 0 Å². The molecule has 0 heterocycles. The molecule has 0 aliphatic carbocycles. The minimum atomic E-state index is 0.561. The van der Waals surface area contributed by atoms with E-state index in [1.807, 2.05) is 24.3 Å². The Morgan fingerprint density at radius 1 is 1.05 bits per heavy atom. The molecular formula is C16H20N2O. The minimum absolute atomic E-state index is 0.561. The number of anilines is 1. The van der Waals surface area contributed by atoms with Crippen LogP contribution in [0.4, 0.5) is 5.69 Å². The van der Waals surface area contributed by atoms with E-state index in [1.54, 1.807) is 7.11 Å². The fraction of sp³-hybridized carbons (Fsp3) is 0.250. The van der Waals surface area contributed by atoms with Crippen LogP contribution in [0.5, 0.6) is 5.75 Å². The SMILES string of the molecule is COc1ccc(CCNc2ccccc2CN)cc1. The minimum Gasteiger partial charge on any atom is -0.497 e. The van der Waals surface area contributed by atoms with Crippen molar-refractivity contribution >= 4 is 5.69 Å². The Morgan fingerprint density at radius 3 is 2.47 bits per heavy atom. The highest BCUT2D eigenvalue weighted by Gasteiger charge is 1.99. The summed E-state index contributed by atoms with van der Waals surface area (Å²) in [5.41, 5.74) is 9.28. The molecule has 2 rings (SSSR count). The Bertz CT molecular complexity index is 508. The molecule has 0 amide bonds. The topological polar surface area (TPSA) is 47.3 Å². The van der Waals surface area contributed by atoms with E-state index in [9.17, 15) is 0 Å². The first-order chi connectivity index (χ1) is 9.33. The third-order valence-corrected chi connectivity index (χ3v) is 3.13. The Hall–Kier alpha value is -2.00. The van der Waals surface area contributed by atoms with E-state index in [0.717, 1.165) is 30.0 Å². The second kappa shape index (κ2) is 6.81. The number of ether oxygens (including phenoxy) is 1. The lowest BCUT2D eigenvalue weighted by Crippen LogP contribution is -2.08. The van der Waals surface area contributed by atoms with Crippen LogP contribution in [0.3, 0.4) is 0 Å². The number of hydrogen-bond donors (Lipinski definition) is 2. The van der Waals surface area contributed by atoms with Gasteiger partial charge in [-0.05, 0) is 35.7 Å². The predicted octanol–water partition coefficient (Wildman–Crippen LogP) is 2.81. The molecule has 0 aliphatic heterocycles. The number of rotatable bonds is 6. The molecule has 0 aromatic heterocycles. The molecule has 2 aromatic carbocycles. The average molecular weight is 256 g/mol. The molecule has 2 aromatic rings. The zero-order valence-electron chi connectivity index (χ0n) is 11.2. The van der Waals surface area contributed by atoms with Crippen LogP contribution in [0, 0.1) is 0 Å². The molecule has 3 heteroatoms. The van der Waals surface area contributed by atoms with Crippen LogP contribution in [-0.4, -0.2) is 13.7 Å². The fourth-order valence-corrected chi connectivity index (χ4v) is 2.00. The Morgan fingerprint density at radius 2 is 1.79 bits per heavy atom. The molecule has 0 saturated heterocycles. The first-order valence-corrected chi connectivity index (χ1v) is 6.48. The van der Waals surface area contributed by atoms with Crippen LogP contribution >= 0.6 is 0 Å². The summed E-state index contributed by atoms with van der Waals surface area (Å²) in [4.78, 5) is 0. The Labute approximate surface area is 114 Å². The van der Waals surface area contributed by atoms with Crippen molar-refractivity contribution in [1.82, 2.24) is 0 Å². The number of benzene rings is 2. The summed E-state index contributed by atoms with van der Waals surface area (Å²) in [6, 6.07) is 16.3. The largest absolute Gasteiger partial charge is 0.497 e. The quantitative estimate of drug-likeness (QED) is 0.835. The Kier molecular flexibility index (Phi) is 4.81. The van der Waals surface area contributed by atoms with Crippen molar-refractivity contribution < 1.29 is 4.74 Å². The molecule has 0 fully saturated rings. The van der Waals surface area contributed by atoms with E-state index in [-0.39, 0.29) is 0 Å². The van der Waals surface area contributed by atoms with Gasteiger partial charge in [-0.15, -0.1) is 0 Å². The van der Waals surface area contributed by atoms with E-state index < -0.39 is 0 Å². The van der Waals surface area contributed by atoms with Gasteiger partial charge in [-0.2, -0.15) is 0 Å². The second-order valence-corrected chi connectivity index (χ2v) is 4.39. The van der Waals surface area contributed by atoms with Crippen LogP contribution < -0.4 is 15.8 Å². The van der Waals surface area contributed by atoms with Gasteiger partial charge in [0.25, 0.3) is 0 Å². The number of nitrogens with two attached hydrogens (primary N) is 1. The molecule has 0 atom stereocenters. The van der Waals surface area contributed by atoms with E-state index in [4.69, 9.17) is 10.5 Å². The van der Waals surface area contributed by atoms with Gasteiger partial charge in [-0.1, -0.05) is 30.3 Å². The third-order valence-electron chi connectivity index (χ3n) is 3.13. The van der Waals surface area contributed by atoms with Crippen molar-refractivity contribution in [2.24, 2.45) is 5.73 Å². The summed E-state index contributed by atoms with van der Waals surface area (Å²) in [6.07, 6.45) is 0.975. The molecule has 3 nitrogen and oxygen atoms in total. The first-order valence-electron chi connectivity index (χ1n) is 6.48. The molecule has 0 bridgehead atoms. The highest BCUT2D eigenvalue weighted by atomic mass is 16.5. The molecular weight excluding hydrogens is 236 g/mol. The molecule has 0 spiro atoms. The maximum Gasteiger partial charge on any atom is 0.118 e. The number of hydrogen-bond acceptors (Lipinski definition) is 3. The second-order valence-electron chi connectivity index (χ2n) is 4.39. The summed E-state index contributed by atoms with van der Waals surface area (Å²) >= 11 is 0. The van der Waals surface area contributed by atoms with Gasteiger partial charge in [0.1, 0.15) is 5.75 Å². The summed E-state index contributed by atoms with van der Waals surface area (Å²) in [5.74, 6) is 0.894. The van der Waals surface area contributed by atoms with Crippen LogP contribution in [0.15, 0.2) is 48.5 Å². The van der Waals surface area contributed by atoms with Gasteiger partial charge in [0.15, 0.2) is 0 Å². The molecule has 0 radical (unpaired) electrons. The maximum absolute atomic E-state index is 5.71. The van der Waals surface area contributed by atoms with Crippen molar-refractivity contribution in [3.8, 4) is 5.75 Å². The Balaban J connectivity index is 1.88. The number of para-hydroxylation sites is 1. The molecule has 0 saturated carbocycles. The summed E-state index contributed by atoms with van der Waals surface area (Å²) in [6.45, 7) is 1.45. The summed E-state index contributed by atoms with van der Waals surface area (Å²) < 4.78 is 5.14. The first kappa shape index (κ1) is 13.4. The van der Waals surface area contributed by atoms with E-state index >= 15 is 0 Å². The molecule has 19 heavy (non-hydrogen) atoms. The third kappa shape index (κ3) is 3.73. The van der Waals surface area contributed by atoms with Gasteiger partial charge in [0, 0.05) is 18.8 Å². The van der Waals surface area contributed by atoms with Crippen molar-refractivity contribution in [2.75, 3.05) is 19.0 Å². The average Bonchev–Trinajstić information content (AvgIpc) is 2.48. The van der Waals surface area contributed by atoms with E-state index in [0.29, 0.717) is 6.54 Å². The van der Waals surface area contributed by atoms with Gasteiger partial charge < -0.3 is 15.8 Å². The predicted molar refractivity (Wildman–Crippen MR) is 79.5 cm³/mol. The smallest absolute Gasteiger partial charge is 0.118 e. The zero-order chi connectivity index (χ0) is 13.5. The lowest BCUT2D eigenvalue weighted by Gasteiger charge is -2.10. The molecule has 0 unspecified atom stereocenters. The van der Waals surface area contributed by atoms with Gasteiger partial charge in [0.2, 0.25) is 0 Å². The highest BCUT2D eigenvalue weighted by molar-refractivity contribution is 5.51. The molecule has 0 aliphatic rings. The van der Waals surface area contributed by atoms with Crippen molar-refractivity contribution in [2.45, 2.75) is 13.0 Å². The van der Waals surface area contributed by atoms with Gasteiger partial charge in [-0.25, -0.2) is 0 Å². The van der Waals surface area contributed by atoms with E-state index in [1.165, 1.54) is 5.56 Å². The van der Waals surface area contributed by atoms with Crippen LogP contribution in [0.1, 0.15) is 11.1 Å². The molecule has 3 N–H and O–H groups in total. The van der Waals surface area contributed by atoms with Crippen LogP contribution in [0.2, 0.25) is 0 Å². The standard InChI is InChI=1S/C16H20N2O/c1-19-15-8-6-13(7-9-15)10-11-18-16-5-3-2-4-14(16)12-17/h2-9,18H,10-12,17H2,1H3. The highest BCUT2D eigenvalue weighted by Crippen LogP contribution is 2.15. The van der Waals surface area contributed by atoms with Crippen LogP contribution in [-0.2, 0) is 13.0 Å². The zero-order valence-corrected chi connectivity index (χ0v) is 11.2. The monoisotopic (exact) mass is 256 g/mol. The van der Waals surface area contributed by atoms with Crippen molar-refractivity contribution in [1.29, 1.82) is 0 Å². The van der Waals surface area contributed by atoms with Gasteiger partial charge in [0.05, 0.1) is 7.11 Å². The van der Waals surface area contributed by atoms with Gasteiger partial charge in [-0.3, -0.25) is 0 Å². The summed E-state index contributed by atoms with van der Waals surface area (Å²) in [7, 11) is 1.68. The van der Waals surface area contributed by atoms with Gasteiger partial charge >= 0.3 is 0 Å². The number of methoxy groups -OCH3 is 1. The fourth-order valence-electron chi connectivity index (χ4n) is 2.00. The summed E-state index contributed by atoms with van der Waals surface area (Å²) in [5, 5.41) is 3.43.